The van der Waals surface area contributed by atoms with Crippen LogP contribution in [0.25, 0.3) is 0 Å². The minimum Gasteiger partial charge on any atom is -0.481 e. The van der Waals surface area contributed by atoms with Crippen molar-refractivity contribution in [2.45, 2.75) is 45.1 Å². The second-order valence-electron chi connectivity index (χ2n) is 5.29. The van der Waals surface area contributed by atoms with Crippen molar-refractivity contribution in [2.75, 3.05) is 7.11 Å². The Morgan fingerprint density at radius 2 is 2.00 bits per heavy atom. The molecule has 0 aromatic rings. The molecule has 0 spiro atoms. The fourth-order valence-electron chi connectivity index (χ4n) is 2.72. The van der Waals surface area contributed by atoms with Gasteiger partial charge in [0.25, 0.3) is 0 Å². The van der Waals surface area contributed by atoms with E-state index >= 15 is 0 Å². The summed E-state index contributed by atoms with van der Waals surface area (Å²) in [6, 6.07) is 0. The fraction of sp³-hybridized carbons (Fsp3) is 0.846. The van der Waals surface area contributed by atoms with E-state index < -0.39 is 24.0 Å². The Morgan fingerprint density at radius 1 is 1.33 bits per heavy atom. The van der Waals surface area contributed by atoms with Crippen LogP contribution in [0.1, 0.15) is 39.0 Å². The first kappa shape index (κ1) is 15.0. The highest BCUT2D eigenvalue weighted by Crippen LogP contribution is 2.34. The molecule has 0 amide bonds. The van der Waals surface area contributed by atoms with Gasteiger partial charge in [0.2, 0.25) is 0 Å². The van der Waals surface area contributed by atoms with Crippen molar-refractivity contribution in [3.05, 3.63) is 0 Å². The third-order valence-electron chi connectivity index (χ3n) is 3.77. The Balaban J connectivity index is 2.76. The highest BCUT2D eigenvalue weighted by atomic mass is 16.5. The van der Waals surface area contributed by atoms with Crippen molar-refractivity contribution in [1.82, 2.24) is 0 Å². The molecule has 2 N–H and O–H groups in total. The van der Waals surface area contributed by atoms with Crippen LogP contribution in [0.4, 0.5) is 0 Å². The zero-order valence-corrected chi connectivity index (χ0v) is 11.0. The predicted molar refractivity (Wildman–Crippen MR) is 64.9 cm³/mol. The summed E-state index contributed by atoms with van der Waals surface area (Å²) < 4.78 is 4.54. The molecule has 1 saturated carbocycles. The molecule has 5 nitrogen and oxygen atoms in total. The number of carboxylic acids is 1. The van der Waals surface area contributed by atoms with Crippen molar-refractivity contribution < 1.29 is 24.5 Å². The first-order valence-electron chi connectivity index (χ1n) is 6.41. The lowest BCUT2D eigenvalue weighted by Crippen LogP contribution is -2.29. The van der Waals surface area contributed by atoms with Crippen LogP contribution in [-0.4, -0.2) is 35.4 Å². The van der Waals surface area contributed by atoms with E-state index in [2.05, 4.69) is 11.7 Å². The molecule has 1 aliphatic carbocycles. The van der Waals surface area contributed by atoms with Gasteiger partial charge in [-0.25, -0.2) is 0 Å². The van der Waals surface area contributed by atoms with Crippen molar-refractivity contribution in [2.24, 2.45) is 17.8 Å². The molecule has 0 aromatic carbocycles. The summed E-state index contributed by atoms with van der Waals surface area (Å²) in [6.07, 6.45) is 2.24. The summed E-state index contributed by atoms with van der Waals surface area (Å²) in [4.78, 5) is 22.6. The standard InChI is InChI=1S/C13H22O5/c1-8-3-4-10(14)6-9(5-8)11(13(16)17)7-12(15)18-2/h8-11,14H,3-7H2,1-2H3,(H,16,17)/t8-,9-,10+,11?/m1/s1. The summed E-state index contributed by atoms with van der Waals surface area (Å²) in [5.41, 5.74) is 0. The number of rotatable bonds is 4. The van der Waals surface area contributed by atoms with Crippen LogP contribution < -0.4 is 0 Å². The Labute approximate surface area is 107 Å². The molecule has 0 aliphatic heterocycles. The van der Waals surface area contributed by atoms with Crippen LogP contribution in [0.5, 0.6) is 0 Å². The monoisotopic (exact) mass is 258 g/mol. The highest BCUT2D eigenvalue weighted by molar-refractivity contribution is 5.78. The first-order chi connectivity index (χ1) is 8.43. The molecule has 0 bridgehead atoms. The van der Waals surface area contributed by atoms with Crippen LogP contribution in [0, 0.1) is 17.8 Å². The number of carboxylic acid groups (broad SMARTS) is 1. The number of methoxy groups -OCH3 is 1. The number of aliphatic carboxylic acids is 1. The van der Waals surface area contributed by atoms with E-state index in [-0.39, 0.29) is 12.3 Å². The Bertz CT molecular complexity index is 290. The van der Waals surface area contributed by atoms with E-state index in [0.29, 0.717) is 18.8 Å². The summed E-state index contributed by atoms with van der Waals surface area (Å²) in [7, 11) is 1.26. The number of hydrogen-bond donors (Lipinski definition) is 2. The van der Waals surface area contributed by atoms with Gasteiger partial charge in [-0.05, 0) is 37.5 Å². The lowest BCUT2D eigenvalue weighted by Gasteiger charge is -2.24. The van der Waals surface area contributed by atoms with E-state index in [1.165, 1.54) is 7.11 Å². The van der Waals surface area contributed by atoms with Gasteiger partial charge in [-0.3, -0.25) is 9.59 Å². The Kier molecular flexibility index (Phi) is 5.59. The van der Waals surface area contributed by atoms with Gasteiger partial charge in [0.15, 0.2) is 0 Å². The normalized spacial score (nSPS) is 30.3. The predicted octanol–water partition coefficient (Wildman–Crippen LogP) is 1.44. The fourth-order valence-corrected chi connectivity index (χ4v) is 2.72. The zero-order valence-electron chi connectivity index (χ0n) is 11.0. The molecule has 0 radical (unpaired) electrons. The Morgan fingerprint density at radius 3 is 2.56 bits per heavy atom. The average molecular weight is 258 g/mol. The highest BCUT2D eigenvalue weighted by Gasteiger charge is 2.34. The van der Waals surface area contributed by atoms with Crippen LogP contribution in [0.3, 0.4) is 0 Å². The van der Waals surface area contributed by atoms with Crippen LogP contribution in [0.2, 0.25) is 0 Å². The van der Waals surface area contributed by atoms with Gasteiger partial charge in [0.05, 0.1) is 25.6 Å². The first-order valence-corrected chi connectivity index (χ1v) is 6.41. The third-order valence-corrected chi connectivity index (χ3v) is 3.77. The zero-order chi connectivity index (χ0) is 13.7. The Hall–Kier alpha value is -1.10. The van der Waals surface area contributed by atoms with E-state index in [0.717, 1.165) is 12.8 Å². The largest absolute Gasteiger partial charge is 0.481 e. The molecular formula is C13H22O5. The molecule has 104 valence electrons. The second-order valence-corrected chi connectivity index (χ2v) is 5.29. The van der Waals surface area contributed by atoms with E-state index in [1.54, 1.807) is 0 Å². The maximum atomic E-state index is 11.3. The number of aliphatic hydroxyl groups is 1. The summed E-state index contributed by atoms with van der Waals surface area (Å²) in [5, 5.41) is 19.0. The quantitative estimate of drug-likeness (QED) is 0.589. The number of ether oxygens (including phenoxy) is 1. The van der Waals surface area contributed by atoms with Crippen LogP contribution in [-0.2, 0) is 14.3 Å². The van der Waals surface area contributed by atoms with E-state index in [9.17, 15) is 19.8 Å². The molecule has 0 aromatic heterocycles. The molecule has 0 heterocycles. The topological polar surface area (TPSA) is 83.8 Å². The molecule has 18 heavy (non-hydrogen) atoms. The minimum absolute atomic E-state index is 0.115. The summed E-state index contributed by atoms with van der Waals surface area (Å²) in [6.45, 7) is 2.06. The van der Waals surface area contributed by atoms with Gasteiger partial charge in [-0.1, -0.05) is 6.92 Å². The maximum Gasteiger partial charge on any atom is 0.307 e. The number of carbonyl (C=O) groups excluding carboxylic acids is 1. The number of hydrogen-bond acceptors (Lipinski definition) is 4. The van der Waals surface area contributed by atoms with Gasteiger partial charge < -0.3 is 14.9 Å². The molecule has 5 heteroatoms. The van der Waals surface area contributed by atoms with Crippen molar-refractivity contribution in [3.8, 4) is 0 Å². The van der Waals surface area contributed by atoms with Crippen molar-refractivity contribution in [3.63, 3.8) is 0 Å². The summed E-state index contributed by atoms with van der Waals surface area (Å²) in [5.74, 6) is -2.02. The number of carbonyl (C=O) groups is 2. The molecule has 0 saturated heterocycles. The molecule has 1 fully saturated rings. The van der Waals surface area contributed by atoms with Gasteiger partial charge in [-0.2, -0.15) is 0 Å². The van der Waals surface area contributed by atoms with Gasteiger partial charge >= 0.3 is 11.9 Å². The molecule has 1 aliphatic rings. The third kappa shape index (κ3) is 4.29. The van der Waals surface area contributed by atoms with Crippen LogP contribution >= 0.6 is 0 Å². The van der Waals surface area contributed by atoms with E-state index in [1.807, 2.05) is 0 Å². The molecule has 4 atom stereocenters. The summed E-state index contributed by atoms with van der Waals surface area (Å²) >= 11 is 0. The second kappa shape index (κ2) is 6.73. The SMILES string of the molecule is COC(=O)CC(C(=O)O)[C@@H]1C[C@H](C)CC[C@H](O)C1. The minimum atomic E-state index is -0.980. The number of aliphatic hydroxyl groups excluding tert-OH is 1. The average Bonchev–Trinajstić information content (AvgIpc) is 2.47. The molecular weight excluding hydrogens is 236 g/mol. The molecule has 1 unspecified atom stereocenters. The number of esters is 1. The van der Waals surface area contributed by atoms with E-state index in [4.69, 9.17) is 0 Å². The van der Waals surface area contributed by atoms with Crippen LogP contribution in [0.15, 0.2) is 0 Å². The lowest BCUT2D eigenvalue weighted by atomic mass is 9.81. The van der Waals surface area contributed by atoms with Crippen molar-refractivity contribution in [1.29, 1.82) is 0 Å². The molecule has 1 rings (SSSR count). The maximum absolute atomic E-state index is 11.3. The smallest absolute Gasteiger partial charge is 0.307 e. The van der Waals surface area contributed by atoms with Crippen molar-refractivity contribution >= 4 is 11.9 Å². The van der Waals surface area contributed by atoms with Gasteiger partial charge in [0, 0.05) is 0 Å². The van der Waals surface area contributed by atoms with Gasteiger partial charge in [0.1, 0.15) is 0 Å². The lowest BCUT2D eigenvalue weighted by molar-refractivity contribution is -0.152. The van der Waals surface area contributed by atoms with Gasteiger partial charge in [-0.15, -0.1) is 0 Å².